The predicted molar refractivity (Wildman–Crippen MR) is 88.8 cm³/mol. The van der Waals surface area contributed by atoms with E-state index < -0.39 is 16.1 Å². The van der Waals surface area contributed by atoms with Gasteiger partial charge >= 0.3 is 0 Å². The van der Waals surface area contributed by atoms with Crippen LogP contribution in [0.1, 0.15) is 32.6 Å². The lowest BCUT2D eigenvalue weighted by molar-refractivity contribution is -0.124. The highest BCUT2D eigenvalue weighted by atomic mass is 32.2. The quantitative estimate of drug-likeness (QED) is 0.892. The Hall–Kier alpha value is -1.44. The van der Waals surface area contributed by atoms with Crippen molar-refractivity contribution in [3.63, 3.8) is 0 Å². The number of hydrogen-bond donors (Lipinski definition) is 1. The van der Waals surface area contributed by atoms with Crippen LogP contribution in [-0.4, -0.2) is 44.9 Å². The van der Waals surface area contributed by atoms with Gasteiger partial charge < -0.3 is 10.1 Å². The molecule has 0 aliphatic carbocycles. The molecule has 1 atom stereocenters. The molecule has 1 N–H and O–H groups in total. The Morgan fingerprint density at radius 3 is 2.48 bits per heavy atom. The van der Waals surface area contributed by atoms with Crippen LogP contribution in [0.2, 0.25) is 0 Å². The van der Waals surface area contributed by atoms with Gasteiger partial charge in [-0.3, -0.25) is 4.79 Å². The number of nitrogens with one attached hydrogen (secondary N) is 1. The highest BCUT2D eigenvalue weighted by Gasteiger charge is 2.25. The fourth-order valence-corrected chi connectivity index (χ4v) is 4.08. The molecule has 1 fully saturated rings. The number of amides is 1. The van der Waals surface area contributed by atoms with Crippen LogP contribution in [0.15, 0.2) is 29.2 Å². The number of methoxy groups -OCH3 is 1. The first-order valence-corrected chi connectivity index (χ1v) is 9.33. The lowest BCUT2D eigenvalue weighted by Gasteiger charge is -2.20. The molecular formula is C16H24N2O4S. The molecule has 6 nitrogen and oxygen atoms in total. The molecule has 1 heterocycles. The van der Waals surface area contributed by atoms with Gasteiger partial charge in [-0.1, -0.05) is 18.9 Å². The Bertz CT molecular complexity index is 637. The van der Waals surface area contributed by atoms with E-state index in [1.807, 2.05) is 0 Å². The van der Waals surface area contributed by atoms with E-state index in [2.05, 4.69) is 5.32 Å². The topological polar surface area (TPSA) is 75.7 Å². The molecule has 0 spiro atoms. The number of rotatable bonds is 5. The number of carbonyl (C=O) groups excluding carboxylic acids is 1. The third-order valence-corrected chi connectivity index (χ3v) is 5.92. The Kier molecular flexibility index (Phi) is 6.15. The molecule has 0 aromatic heterocycles. The van der Waals surface area contributed by atoms with Gasteiger partial charge in [-0.2, -0.15) is 4.31 Å². The summed E-state index contributed by atoms with van der Waals surface area (Å²) in [5.74, 6) is -0.308. The van der Waals surface area contributed by atoms with E-state index in [0.29, 0.717) is 18.8 Å². The van der Waals surface area contributed by atoms with Crippen molar-refractivity contribution < 1.29 is 17.9 Å². The van der Waals surface area contributed by atoms with Crippen LogP contribution >= 0.6 is 0 Å². The highest BCUT2D eigenvalue weighted by molar-refractivity contribution is 7.89. The molecule has 1 aliphatic rings. The van der Waals surface area contributed by atoms with Gasteiger partial charge in [0.25, 0.3) is 5.91 Å². The van der Waals surface area contributed by atoms with Crippen LogP contribution in [0.3, 0.4) is 0 Å². The third kappa shape index (κ3) is 4.53. The average molecular weight is 340 g/mol. The fourth-order valence-electron chi connectivity index (χ4n) is 2.52. The predicted octanol–water partition coefficient (Wildman–Crippen LogP) is 2.22. The van der Waals surface area contributed by atoms with Crippen molar-refractivity contribution >= 4 is 21.6 Å². The normalized spacial score (nSPS) is 18.2. The summed E-state index contributed by atoms with van der Waals surface area (Å²) in [5.41, 5.74) is 0.454. The number of hydrogen-bond acceptors (Lipinski definition) is 4. The van der Waals surface area contributed by atoms with E-state index in [4.69, 9.17) is 4.74 Å². The van der Waals surface area contributed by atoms with Crippen molar-refractivity contribution in [3.05, 3.63) is 24.3 Å². The van der Waals surface area contributed by atoms with Gasteiger partial charge in [-0.15, -0.1) is 0 Å². The van der Waals surface area contributed by atoms with Gasteiger partial charge in [-0.25, -0.2) is 8.42 Å². The second-order valence-corrected chi connectivity index (χ2v) is 7.65. The van der Waals surface area contributed by atoms with Gasteiger partial charge in [0.1, 0.15) is 6.10 Å². The highest BCUT2D eigenvalue weighted by Crippen LogP contribution is 2.22. The number of nitrogens with zero attached hydrogens (tertiary/aromatic N) is 1. The monoisotopic (exact) mass is 340 g/mol. The van der Waals surface area contributed by atoms with Crippen molar-refractivity contribution in [1.29, 1.82) is 0 Å². The van der Waals surface area contributed by atoms with E-state index in [1.54, 1.807) is 29.4 Å². The summed E-state index contributed by atoms with van der Waals surface area (Å²) in [5, 5.41) is 2.67. The first-order chi connectivity index (χ1) is 10.9. The van der Waals surface area contributed by atoms with Crippen molar-refractivity contribution in [3.8, 4) is 0 Å². The summed E-state index contributed by atoms with van der Waals surface area (Å²) in [6.45, 7) is 2.74. The summed E-state index contributed by atoms with van der Waals surface area (Å²) < 4.78 is 32.0. The molecule has 23 heavy (non-hydrogen) atoms. The minimum Gasteiger partial charge on any atom is -0.372 e. The Morgan fingerprint density at radius 1 is 1.22 bits per heavy atom. The second-order valence-electron chi connectivity index (χ2n) is 5.71. The number of carbonyl (C=O) groups is 1. The van der Waals surface area contributed by atoms with E-state index in [-0.39, 0.29) is 10.8 Å². The van der Waals surface area contributed by atoms with E-state index >= 15 is 0 Å². The number of ether oxygens (including phenoxy) is 1. The van der Waals surface area contributed by atoms with Gasteiger partial charge in [0.2, 0.25) is 10.0 Å². The largest absolute Gasteiger partial charge is 0.372 e. The van der Waals surface area contributed by atoms with Gasteiger partial charge in [0.15, 0.2) is 0 Å². The van der Waals surface area contributed by atoms with Crippen LogP contribution in [-0.2, 0) is 19.6 Å². The lowest BCUT2D eigenvalue weighted by Crippen LogP contribution is -2.32. The first-order valence-electron chi connectivity index (χ1n) is 7.89. The minimum absolute atomic E-state index is 0.210. The molecule has 0 radical (unpaired) electrons. The Labute approximate surface area is 137 Å². The average Bonchev–Trinajstić information content (AvgIpc) is 2.84. The molecule has 2 rings (SSSR count). The minimum atomic E-state index is -3.52. The molecule has 0 saturated carbocycles. The van der Waals surface area contributed by atoms with E-state index in [9.17, 15) is 13.2 Å². The van der Waals surface area contributed by atoms with Crippen molar-refractivity contribution in [2.75, 3.05) is 25.5 Å². The van der Waals surface area contributed by atoms with Crippen LogP contribution in [0.5, 0.6) is 0 Å². The van der Waals surface area contributed by atoms with Gasteiger partial charge in [-0.05, 0) is 38.0 Å². The summed E-state index contributed by atoms with van der Waals surface area (Å²) in [7, 11) is -2.07. The summed E-state index contributed by atoms with van der Waals surface area (Å²) >= 11 is 0. The number of benzene rings is 1. The molecular weight excluding hydrogens is 316 g/mol. The zero-order valence-electron chi connectivity index (χ0n) is 13.6. The SMILES string of the molecule is COC(C)C(=O)Nc1cccc(S(=O)(=O)N2CCCCCC2)c1. The van der Waals surface area contributed by atoms with Gasteiger partial charge in [0, 0.05) is 25.9 Å². The van der Waals surface area contributed by atoms with Crippen molar-refractivity contribution in [2.45, 2.75) is 43.6 Å². The maximum atomic E-state index is 12.8. The molecule has 1 amide bonds. The Morgan fingerprint density at radius 2 is 1.87 bits per heavy atom. The standard InChI is InChI=1S/C16H24N2O4S/c1-13(22-2)16(19)17-14-8-7-9-15(12-14)23(20,21)18-10-5-3-4-6-11-18/h7-9,12-13H,3-6,10-11H2,1-2H3,(H,17,19). The summed E-state index contributed by atoms with van der Waals surface area (Å²) in [6.07, 6.45) is 3.32. The molecule has 1 aliphatic heterocycles. The molecule has 128 valence electrons. The van der Waals surface area contributed by atoms with Crippen LogP contribution in [0.25, 0.3) is 0 Å². The molecule has 0 bridgehead atoms. The van der Waals surface area contributed by atoms with E-state index in [1.165, 1.54) is 13.2 Å². The first kappa shape index (κ1) is 17.9. The van der Waals surface area contributed by atoms with Crippen LogP contribution < -0.4 is 5.32 Å². The van der Waals surface area contributed by atoms with Crippen molar-refractivity contribution in [1.82, 2.24) is 4.31 Å². The van der Waals surface area contributed by atoms with Crippen LogP contribution in [0.4, 0.5) is 5.69 Å². The smallest absolute Gasteiger partial charge is 0.253 e. The van der Waals surface area contributed by atoms with E-state index in [0.717, 1.165) is 25.7 Å². The number of anilines is 1. The molecule has 1 unspecified atom stereocenters. The van der Waals surface area contributed by atoms with Gasteiger partial charge in [0.05, 0.1) is 4.90 Å². The third-order valence-electron chi connectivity index (χ3n) is 4.03. The molecule has 1 saturated heterocycles. The fraction of sp³-hybridized carbons (Fsp3) is 0.562. The zero-order chi connectivity index (χ0) is 16.9. The molecule has 7 heteroatoms. The van der Waals surface area contributed by atoms with Crippen LogP contribution in [0, 0.1) is 0 Å². The van der Waals surface area contributed by atoms with Crippen molar-refractivity contribution in [2.24, 2.45) is 0 Å². The number of sulfonamides is 1. The molecule has 1 aromatic rings. The maximum absolute atomic E-state index is 12.8. The lowest BCUT2D eigenvalue weighted by atomic mass is 10.2. The maximum Gasteiger partial charge on any atom is 0.253 e. The molecule has 1 aromatic carbocycles. The second kappa shape index (κ2) is 7.90. The Balaban J connectivity index is 2.19. The zero-order valence-corrected chi connectivity index (χ0v) is 14.4. The summed E-state index contributed by atoms with van der Waals surface area (Å²) in [4.78, 5) is 12.1. The summed E-state index contributed by atoms with van der Waals surface area (Å²) in [6, 6.07) is 6.37.